The van der Waals surface area contributed by atoms with Crippen molar-refractivity contribution in [3.63, 3.8) is 0 Å². The van der Waals surface area contributed by atoms with Crippen LogP contribution in [0.2, 0.25) is 5.02 Å². The number of halogens is 1. The summed E-state index contributed by atoms with van der Waals surface area (Å²) in [6.07, 6.45) is 5.43. The number of hydrogen-bond acceptors (Lipinski definition) is 4. The number of ketones is 1. The molecule has 1 aromatic heterocycles. The molecule has 0 atom stereocenters. The van der Waals surface area contributed by atoms with Gasteiger partial charge in [-0.15, -0.1) is 0 Å². The molecule has 1 saturated heterocycles. The highest BCUT2D eigenvalue weighted by molar-refractivity contribution is 6.30. The van der Waals surface area contributed by atoms with E-state index in [2.05, 4.69) is 10.3 Å². The smallest absolute Gasteiger partial charge is 0.254 e. The normalized spacial score (nSPS) is 14.0. The molecule has 1 fully saturated rings. The first kappa shape index (κ1) is 23.6. The van der Waals surface area contributed by atoms with Gasteiger partial charge in [0.2, 0.25) is 5.91 Å². The second-order valence-corrected chi connectivity index (χ2v) is 8.78. The van der Waals surface area contributed by atoms with Crippen LogP contribution in [0.1, 0.15) is 44.7 Å². The standard InChI is InChI=1S/C27H26ClN3O3/c28-22-7-5-20(6-8-22)25(32)23-3-1-2-4-24(23)27(34)31-17-12-21(13-18-31)26(33)30-16-11-19-9-14-29-15-10-19/h1-10,14-15,21H,11-13,16-18H2,(H,30,33). The van der Waals surface area contributed by atoms with Gasteiger partial charge in [0.25, 0.3) is 5.91 Å². The minimum Gasteiger partial charge on any atom is -0.356 e. The topological polar surface area (TPSA) is 79.4 Å². The lowest BCUT2D eigenvalue weighted by molar-refractivity contribution is -0.126. The molecule has 174 valence electrons. The number of nitrogens with zero attached hydrogens (tertiary/aromatic N) is 2. The van der Waals surface area contributed by atoms with E-state index in [1.54, 1.807) is 65.8 Å². The zero-order valence-electron chi connectivity index (χ0n) is 18.7. The van der Waals surface area contributed by atoms with Crippen molar-refractivity contribution >= 4 is 29.2 Å². The molecule has 2 aromatic carbocycles. The van der Waals surface area contributed by atoms with Crippen LogP contribution in [0.25, 0.3) is 0 Å². The van der Waals surface area contributed by atoms with Crippen molar-refractivity contribution in [3.05, 3.63) is 100 Å². The highest BCUT2D eigenvalue weighted by Crippen LogP contribution is 2.22. The molecule has 2 heterocycles. The quantitative estimate of drug-likeness (QED) is 0.520. The summed E-state index contributed by atoms with van der Waals surface area (Å²) in [6, 6.07) is 17.4. The number of amides is 2. The monoisotopic (exact) mass is 475 g/mol. The predicted molar refractivity (Wildman–Crippen MR) is 131 cm³/mol. The first-order chi connectivity index (χ1) is 16.5. The van der Waals surface area contributed by atoms with Gasteiger partial charge in [0.1, 0.15) is 0 Å². The van der Waals surface area contributed by atoms with Crippen molar-refractivity contribution < 1.29 is 14.4 Å². The van der Waals surface area contributed by atoms with Crippen molar-refractivity contribution in [2.24, 2.45) is 5.92 Å². The molecule has 0 bridgehead atoms. The molecule has 4 rings (SSSR count). The summed E-state index contributed by atoms with van der Waals surface area (Å²) in [5.74, 6) is -0.495. The molecule has 2 amide bonds. The number of aromatic nitrogens is 1. The molecule has 0 saturated carbocycles. The van der Waals surface area contributed by atoms with Gasteiger partial charge in [0, 0.05) is 54.1 Å². The van der Waals surface area contributed by atoms with E-state index in [1.807, 2.05) is 12.1 Å². The number of benzene rings is 2. The summed E-state index contributed by atoms with van der Waals surface area (Å²) in [5, 5.41) is 3.55. The third-order valence-corrected chi connectivity index (χ3v) is 6.38. The van der Waals surface area contributed by atoms with Crippen molar-refractivity contribution in [2.75, 3.05) is 19.6 Å². The van der Waals surface area contributed by atoms with Crippen LogP contribution < -0.4 is 5.32 Å². The third-order valence-electron chi connectivity index (χ3n) is 6.12. The van der Waals surface area contributed by atoms with Gasteiger partial charge in [-0.1, -0.05) is 29.8 Å². The van der Waals surface area contributed by atoms with Gasteiger partial charge in [-0.25, -0.2) is 0 Å². The Hall–Kier alpha value is -3.51. The molecule has 1 N–H and O–H groups in total. The Kier molecular flexibility index (Phi) is 7.70. The molecule has 0 radical (unpaired) electrons. The van der Waals surface area contributed by atoms with Crippen LogP contribution in [0.15, 0.2) is 73.1 Å². The lowest BCUT2D eigenvalue weighted by Gasteiger charge is -2.31. The average Bonchev–Trinajstić information content (AvgIpc) is 2.89. The first-order valence-corrected chi connectivity index (χ1v) is 11.8. The molecule has 1 aliphatic rings. The maximum absolute atomic E-state index is 13.3. The predicted octanol–water partition coefficient (Wildman–Crippen LogP) is 4.18. The number of carbonyl (C=O) groups is 3. The third kappa shape index (κ3) is 5.69. The van der Waals surface area contributed by atoms with E-state index in [9.17, 15) is 14.4 Å². The minimum atomic E-state index is -0.218. The van der Waals surface area contributed by atoms with Gasteiger partial charge in [0.05, 0.1) is 5.56 Å². The van der Waals surface area contributed by atoms with Crippen molar-refractivity contribution in [3.8, 4) is 0 Å². The Balaban J connectivity index is 1.34. The summed E-state index contributed by atoms with van der Waals surface area (Å²) in [5.41, 5.74) is 2.35. The van der Waals surface area contributed by atoms with E-state index >= 15 is 0 Å². The van der Waals surface area contributed by atoms with Gasteiger partial charge in [-0.05, 0) is 67.3 Å². The fraction of sp³-hybridized carbons (Fsp3) is 0.259. The molecular weight excluding hydrogens is 450 g/mol. The van der Waals surface area contributed by atoms with E-state index in [-0.39, 0.29) is 23.5 Å². The van der Waals surface area contributed by atoms with Crippen molar-refractivity contribution in [1.29, 1.82) is 0 Å². The molecule has 0 spiro atoms. The molecule has 0 unspecified atom stereocenters. The molecule has 6 nitrogen and oxygen atoms in total. The zero-order valence-corrected chi connectivity index (χ0v) is 19.5. The molecular formula is C27H26ClN3O3. The highest BCUT2D eigenvalue weighted by Gasteiger charge is 2.29. The molecule has 0 aliphatic carbocycles. The molecule has 3 aromatic rings. The number of rotatable bonds is 7. The molecule has 34 heavy (non-hydrogen) atoms. The lowest BCUT2D eigenvalue weighted by Crippen LogP contribution is -2.43. The van der Waals surface area contributed by atoms with Crippen LogP contribution in [0, 0.1) is 5.92 Å². The summed E-state index contributed by atoms with van der Waals surface area (Å²) >= 11 is 5.93. The number of nitrogens with one attached hydrogen (secondary N) is 1. The summed E-state index contributed by atoms with van der Waals surface area (Å²) < 4.78 is 0. The van der Waals surface area contributed by atoms with E-state index in [0.29, 0.717) is 54.2 Å². The second kappa shape index (κ2) is 11.1. The Morgan fingerprint density at radius 1 is 0.912 bits per heavy atom. The van der Waals surface area contributed by atoms with Crippen LogP contribution in [0.5, 0.6) is 0 Å². The van der Waals surface area contributed by atoms with Crippen LogP contribution in [0.4, 0.5) is 0 Å². The fourth-order valence-corrected chi connectivity index (χ4v) is 4.29. The fourth-order valence-electron chi connectivity index (χ4n) is 4.16. The Bertz CT molecular complexity index is 1160. The zero-order chi connectivity index (χ0) is 23.9. The second-order valence-electron chi connectivity index (χ2n) is 8.34. The number of likely N-dealkylation sites (tertiary alicyclic amines) is 1. The van der Waals surface area contributed by atoms with Gasteiger partial charge in [-0.2, -0.15) is 0 Å². The minimum absolute atomic E-state index is 0.0273. The highest BCUT2D eigenvalue weighted by atomic mass is 35.5. The van der Waals surface area contributed by atoms with Gasteiger partial charge in [0.15, 0.2) is 5.78 Å². The van der Waals surface area contributed by atoms with E-state index in [0.717, 1.165) is 12.0 Å². The Morgan fingerprint density at radius 2 is 1.56 bits per heavy atom. The van der Waals surface area contributed by atoms with Gasteiger partial charge in [-0.3, -0.25) is 19.4 Å². The van der Waals surface area contributed by atoms with E-state index in [1.165, 1.54) is 0 Å². The molecule has 1 aliphatic heterocycles. The number of hydrogen-bond donors (Lipinski definition) is 1. The molecule has 7 heteroatoms. The largest absolute Gasteiger partial charge is 0.356 e. The van der Waals surface area contributed by atoms with Crippen molar-refractivity contribution in [2.45, 2.75) is 19.3 Å². The number of carbonyl (C=O) groups excluding carboxylic acids is 3. The van der Waals surface area contributed by atoms with Crippen LogP contribution in [0.3, 0.4) is 0 Å². The lowest BCUT2D eigenvalue weighted by atomic mass is 9.93. The maximum Gasteiger partial charge on any atom is 0.254 e. The first-order valence-electron chi connectivity index (χ1n) is 11.4. The van der Waals surface area contributed by atoms with Crippen LogP contribution >= 0.6 is 11.6 Å². The Labute approximate surface area is 204 Å². The van der Waals surface area contributed by atoms with Crippen LogP contribution in [-0.2, 0) is 11.2 Å². The number of pyridine rings is 1. The summed E-state index contributed by atoms with van der Waals surface area (Å²) in [6.45, 7) is 1.53. The van der Waals surface area contributed by atoms with Crippen LogP contribution in [-0.4, -0.2) is 47.1 Å². The van der Waals surface area contributed by atoms with E-state index in [4.69, 9.17) is 11.6 Å². The average molecular weight is 476 g/mol. The SMILES string of the molecule is O=C(c1ccc(Cl)cc1)c1ccccc1C(=O)N1CCC(C(=O)NCCc2ccncc2)CC1. The maximum atomic E-state index is 13.3. The summed E-state index contributed by atoms with van der Waals surface area (Å²) in [7, 11) is 0. The number of piperidine rings is 1. The van der Waals surface area contributed by atoms with Gasteiger partial charge >= 0.3 is 0 Å². The Morgan fingerprint density at radius 3 is 2.24 bits per heavy atom. The van der Waals surface area contributed by atoms with Gasteiger partial charge < -0.3 is 10.2 Å². The van der Waals surface area contributed by atoms with E-state index < -0.39 is 0 Å². The summed E-state index contributed by atoms with van der Waals surface area (Å²) in [4.78, 5) is 44.6. The van der Waals surface area contributed by atoms with Crippen molar-refractivity contribution in [1.82, 2.24) is 15.2 Å².